The lowest BCUT2D eigenvalue weighted by atomic mass is 10.1. The van der Waals surface area contributed by atoms with Crippen LogP contribution in [0.4, 0.5) is 15.8 Å². The average Bonchev–Trinajstić information content (AvgIpc) is 3.43. The Hall–Kier alpha value is -4.20. The smallest absolute Gasteiger partial charge is 0.291 e. The number of fused-ring (bicyclic) bond motifs is 1. The minimum Gasteiger partial charge on any atom is -0.459 e. The van der Waals surface area contributed by atoms with Crippen molar-refractivity contribution in [3.8, 4) is 5.69 Å². The SMILES string of the molecule is O=C(Nc1cccc(NC(=O)c2nn(-c3ccc(F)cc3)c3c2CCCCC3)c1)c1ccco1. The van der Waals surface area contributed by atoms with E-state index in [0.717, 1.165) is 49.0 Å². The normalized spacial score (nSPS) is 13.1. The Morgan fingerprint density at radius 2 is 1.62 bits per heavy atom. The van der Waals surface area contributed by atoms with Crippen LogP contribution >= 0.6 is 0 Å². The number of carbonyl (C=O) groups excluding carboxylic acids is 2. The predicted octanol–water partition coefficient (Wildman–Crippen LogP) is 5.38. The first kappa shape index (κ1) is 21.6. The van der Waals surface area contributed by atoms with E-state index in [4.69, 9.17) is 4.42 Å². The summed E-state index contributed by atoms with van der Waals surface area (Å²) in [4.78, 5) is 25.5. The second kappa shape index (κ2) is 9.35. The van der Waals surface area contributed by atoms with Gasteiger partial charge >= 0.3 is 0 Å². The molecule has 0 bridgehead atoms. The zero-order chi connectivity index (χ0) is 23.5. The van der Waals surface area contributed by atoms with Gasteiger partial charge in [-0.1, -0.05) is 12.5 Å². The highest BCUT2D eigenvalue weighted by Gasteiger charge is 2.25. The van der Waals surface area contributed by atoms with Crippen LogP contribution in [-0.4, -0.2) is 21.6 Å². The average molecular weight is 458 g/mol. The summed E-state index contributed by atoms with van der Waals surface area (Å²) < 4.78 is 20.3. The molecule has 4 aromatic rings. The van der Waals surface area contributed by atoms with E-state index in [0.29, 0.717) is 17.1 Å². The molecule has 172 valence electrons. The Morgan fingerprint density at radius 3 is 2.35 bits per heavy atom. The quantitative estimate of drug-likeness (QED) is 0.393. The van der Waals surface area contributed by atoms with Crippen molar-refractivity contribution in [2.75, 3.05) is 10.6 Å². The lowest BCUT2D eigenvalue weighted by Crippen LogP contribution is -2.16. The van der Waals surface area contributed by atoms with Gasteiger partial charge in [-0.3, -0.25) is 9.59 Å². The minimum atomic E-state index is -0.378. The van der Waals surface area contributed by atoms with Crippen LogP contribution in [0.1, 0.15) is 51.6 Å². The first-order valence-corrected chi connectivity index (χ1v) is 11.2. The van der Waals surface area contributed by atoms with Crippen molar-refractivity contribution in [3.05, 3.63) is 95.5 Å². The minimum absolute atomic E-state index is 0.198. The maximum atomic E-state index is 13.4. The highest BCUT2D eigenvalue weighted by molar-refractivity contribution is 6.05. The molecular weight excluding hydrogens is 435 g/mol. The number of hydrogen-bond acceptors (Lipinski definition) is 4. The highest BCUT2D eigenvalue weighted by Crippen LogP contribution is 2.27. The van der Waals surface area contributed by atoms with E-state index >= 15 is 0 Å². The molecule has 1 aliphatic carbocycles. The van der Waals surface area contributed by atoms with Gasteiger partial charge in [0.1, 0.15) is 5.82 Å². The zero-order valence-electron chi connectivity index (χ0n) is 18.4. The summed E-state index contributed by atoms with van der Waals surface area (Å²) in [6, 6.07) is 16.2. The van der Waals surface area contributed by atoms with E-state index in [1.54, 1.807) is 53.2 Å². The van der Waals surface area contributed by atoms with E-state index in [2.05, 4.69) is 15.7 Å². The van der Waals surface area contributed by atoms with Gasteiger partial charge in [-0.2, -0.15) is 5.10 Å². The van der Waals surface area contributed by atoms with Crippen molar-refractivity contribution in [1.82, 2.24) is 9.78 Å². The molecule has 0 unspecified atom stereocenters. The fraction of sp³-hybridized carbons (Fsp3) is 0.192. The third-order valence-corrected chi connectivity index (χ3v) is 5.84. The van der Waals surface area contributed by atoms with Crippen molar-refractivity contribution in [1.29, 1.82) is 0 Å². The van der Waals surface area contributed by atoms with Crippen LogP contribution in [0.3, 0.4) is 0 Å². The van der Waals surface area contributed by atoms with Gasteiger partial charge in [0.05, 0.1) is 12.0 Å². The van der Waals surface area contributed by atoms with Gasteiger partial charge in [0.15, 0.2) is 11.5 Å². The standard InChI is InChI=1S/C26H23FN4O3/c27-17-11-13-20(14-12-17)31-22-9-3-1-2-8-21(22)24(30-31)26(33)29-19-7-4-6-18(16-19)28-25(32)23-10-5-15-34-23/h4-7,10-16H,1-3,8-9H2,(H,28,32)(H,29,33). The third-order valence-electron chi connectivity index (χ3n) is 5.84. The summed E-state index contributed by atoms with van der Waals surface area (Å²) in [5.74, 6) is -0.826. The molecule has 5 rings (SSSR count). The molecule has 34 heavy (non-hydrogen) atoms. The maximum absolute atomic E-state index is 13.4. The van der Waals surface area contributed by atoms with Crippen LogP contribution in [0, 0.1) is 5.82 Å². The fourth-order valence-electron chi connectivity index (χ4n) is 4.22. The molecule has 8 heteroatoms. The number of benzene rings is 2. The molecule has 2 heterocycles. The van der Waals surface area contributed by atoms with Gasteiger partial charge in [-0.05, 0) is 80.3 Å². The molecule has 0 atom stereocenters. The van der Waals surface area contributed by atoms with E-state index in [1.807, 2.05) is 0 Å². The van der Waals surface area contributed by atoms with Crippen molar-refractivity contribution in [2.24, 2.45) is 0 Å². The maximum Gasteiger partial charge on any atom is 0.291 e. The Morgan fingerprint density at radius 1 is 0.882 bits per heavy atom. The number of hydrogen-bond donors (Lipinski definition) is 2. The lowest BCUT2D eigenvalue weighted by molar-refractivity contribution is 0.0994. The summed E-state index contributed by atoms with van der Waals surface area (Å²) in [7, 11) is 0. The topological polar surface area (TPSA) is 89.2 Å². The van der Waals surface area contributed by atoms with Gasteiger partial charge in [-0.15, -0.1) is 0 Å². The van der Waals surface area contributed by atoms with Crippen LogP contribution < -0.4 is 10.6 Å². The number of furan rings is 1. The first-order chi connectivity index (χ1) is 16.6. The first-order valence-electron chi connectivity index (χ1n) is 11.2. The fourth-order valence-corrected chi connectivity index (χ4v) is 4.22. The number of nitrogens with one attached hydrogen (secondary N) is 2. The number of nitrogens with zero attached hydrogens (tertiary/aromatic N) is 2. The van der Waals surface area contributed by atoms with Crippen molar-refractivity contribution in [3.63, 3.8) is 0 Å². The van der Waals surface area contributed by atoms with Crippen LogP contribution in [0.15, 0.2) is 71.3 Å². The van der Waals surface area contributed by atoms with Crippen LogP contribution in [0.5, 0.6) is 0 Å². The van der Waals surface area contributed by atoms with Gasteiger partial charge in [0.2, 0.25) is 0 Å². The number of rotatable bonds is 5. The third kappa shape index (κ3) is 4.47. The molecule has 2 aromatic heterocycles. The monoisotopic (exact) mass is 458 g/mol. The van der Waals surface area contributed by atoms with Crippen LogP contribution in [0.25, 0.3) is 5.69 Å². The summed E-state index contributed by atoms with van der Waals surface area (Å²) in [6.07, 6.45) is 6.07. The van der Waals surface area contributed by atoms with Gasteiger partial charge in [0, 0.05) is 22.6 Å². The lowest BCUT2D eigenvalue weighted by Gasteiger charge is -2.08. The largest absolute Gasteiger partial charge is 0.459 e. The number of carbonyl (C=O) groups is 2. The Balaban J connectivity index is 1.41. The number of anilines is 2. The second-order valence-electron chi connectivity index (χ2n) is 8.19. The van der Waals surface area contributed by atoms with Gasteiger partial charge < -0.3 is 15.1 Å². The molecule has 0 saturated heterocycles. The molecule has 2 amide bonds. The molecule has 2 N–H and O–H groups in total. The van der Waals surface area contributed by atoms with Gasteiger partial charge in [0.25, 0.3) is 11.8 Å². The summed E-state index contributed by atoms with van der Waals surface area (Å²) in [6.45, 7) is 0. The van der Waals surface area contributed by atoms with Crippen LogP contribution in [-0.2, 0) is 12.8 Å². The van der Waals surface area contributed by atoms with Gasteiger partial charge in [-0.25, -0.2) is 9.07 Å². The summed E-state index contributed by atoms with van der Waals surface area (Å²) in [5, 5.41) is 10.3. The summed E-state index contributed by atoms with van der Waals surface area (Å²) >= 11 is 0. The number of halogens is 1. The Labute approximate surface area is 195 Å². The second-order valence-corrected chi connectivity index (χ2v) is 8.19. The van der Waals surface area contributed by atoms with E-state index in [9.17, 15) is 14.0 Å². The molecule has 0 fully saturated rings. The number of amides is 2. The predicted molar refractivity (Wildman–Crippen MR) is 126 cm³/mol. The number of aromatic nitrogens is 2. The molecule has 2 aromatic carbocycles. The molecule has 0 radical (unpaired) electrons. The van der Waals surface area contributed by atoms with E-state index in [1.165, 1.54) is 18.4 Å². The summed E-state index contributed by atoms with van der Waals surface area (Å²) in [5.41, 5.74) is 4.07. The van der Waals surface area contributed by atoms with Crippen molar-refractivity contribution >= 4 is 23.2 Å². The van der Waals surface area contributed by atoms with Crippen molar-refractivity contribution < 1.29 is 18.4 Å². The van der Waals surface area contributed by atoms with E-state index in [-0.39, 0.29) is 23.4 Å². The molecule has 0 saturated carbocycles. The molecule has 1 aliphatic rings. The van der Waals surface area contributed by atoms with Crippen LogP contribution in [0.2, 0.25) is 0 Å². The zero-order valence-corrected chi connectivity index (χ0v) is 18.4. The van der Waals surface area contributed by atoms with E-state index < -0.39 is 0 Å². The Bertz CT molecular complexity index is 1330. The molecule has 0 aliphatic heterocycles. The molecule has 0 spiro atoms. The van der Waals surface area contributed by atoms with Crippen molar-refractivity contribution in [2.45, 2.75) is 32.1 Å². The molecule has 7 nitrogen and oxygen atoms in total. The Kier molecular flexibility index (Phi) is 5.95. The highest BCUT2D eigenvalue weighted by atomic mass is 19.1. The molecular formula is C26H23FN4O3.